The predicted octanol–water partition coefficient (Wildman–Crippen LogP) is 2.49. The number of hydrogen-bond donors (Lipinski definition) is 1. The lowest BCUT2D eigenvalue weighted by atomic mass is 10.1. The molecule has 0 radical (unpaired) electrons. The Morgan fingerprint density at radius 2 is 1.96 bits per heavy atom. The molecular weight excluding hydrogens is 323 g/mol. The van der Waals surface area contributed by atoms with E-state index in [0.29, 0.717) is 6.54 Å². The number of carbonyl (C=O) groups excluding carboxylic acids is 2. The minimum atomic E-state index is -0.610. The van der Waals surface area contributed by atoms with E-state index in [2.05, 4.69) is 5.32 Å². The van der Waals surface area contributed by atoms with E-state index >= 15 is 0 Å². The Balaban J connectivity index is 2.03. The minimum Gasteiger partial charge on any atom is -0.376 e. The lowest BCUT2D eigenvalue weighted by Crippen LogP contribution is -2.50. The van der Waals surface area contributed by atoms with E-state index in [9.17, 15) is 14.0 Å². The van der Waals surface area contributed by atoms with Crippen LogP contribution in [0, 0.1) is 11.7 Å². The molecule has 2 atom stereocenters. The van der Waals surface area contributed by atoms with Gasteiger partial charge in [0.2, 0.25) is 11.8 Å². The van der Waals surface area contributed by atoms with Crippen LogP contribution in [-0.4, -0.2) is 42.0 Å². The molecule has 0 unspecified atom stereocenters. The lowest BCUT2D eigenvalue weighted by molar-refractivity contribution is -0.143. The highest BCUT2D eigenvalue weighted by Gasteiger charge is 2.28. The Morgan fingerprint density at radius 3 is 2.52 bits per heavy atom. The minimum absolute atomic E-state index is 0.0579. The number of carbonyl (C=O) groups is 2. The zero-order valence-corrected chi connectivity index (χ0v) is 15.1. The number of nitrogens with zero attached hydrogens (tertiary/aromatic N) is 1. The molecule has 5 nitrogen and oxygen atoms in total. The summed E-state index contributed by atoms with van der Waals surface area (Å²) in [6.07, 6.45) is 2.01. The number of ether oxygens (including phenoxy) is 1. The van der Waals surface area contributed by atoms with Gasteiger partial charge in [-0.3, -0.25) is 9.59 Å². The van der Waals surface area contributed by atoms with Gasteiger partial charge in [-0.25, -0.2) is 4.39 Å². The molecule has 2 rings (SSSR count). The van der Waals surface area contributed by atoms with Crippen molar-refractivity contribution in [1.29, 1.82) is 0 Å². The molecule has 0 aromatic heterocycles. The van der Waals surface area contributed by atoms with Gasteiger partial charge >= 0.3 is 0 Å². The number of nitrogens with one attached hydrogen (secondary N) is 1. The SMILES string of the molecule is CC(C)C(=O)N(Cc1ccc(F)cc1)[C@@H](C)C(=O)NC[C@H]1CCCO1. The van der Waals surface area contributed by atoms with Crippen molar-refractivity contribution < 1.29 is 18.7 Å². The van der Waals surface area contributed by atoms with Crippen LogP contribution in [-0.2, 0) is 20.9 Å². The van der Waals surface area contributed by atoms with Crippen LogP contribution in [0.4, 0.5) is 4.39 Å². The third-order valence-electron chi connectivity index (χ3n) is 4.42. The second-order valence-corrected chi connectivity index (χ2v) is 6.80. The molecule has 138 valence electrons. The van der Waals surface area contributed by atoms with Gasteiger partial charge in [-0.15, -0.1) is 0 Å². The molecule has 1 aromatic carbocycles. The maximum absolute atomic E-state index is 13.1. The number of amides is 2. The van der Waals surface area contributed by atoms with Crippen LogP contribution < -0.4 is 5.32 Å². The highest BCUT2D eigenvalue weighted by molar-refractivity contribution is 5.88. The molecule has 0 saturated carbocycles. The molecule has 1 saturated heterocycles. The average molecular weight is 350 g/mol. The smallest absolute Gasteiger partial charge is 0.242 e. The maximum atomic E-state index is 13.1. The zero-order valence-electron chi connectivity index (χ0n) is 15.1. The van der Waals surface area contributed by atoms with Crippen LogP contribution in [0.2, 0.25) is 0 Å². The zero-order chi connectivity index (χ0) is 18.4. The molecule has 1 heterocycles. The highest BCUT2D eigenvalue weighted by Crippen LogP contribution is 2.15. The summed E-state index contributed by atoms with van der Waals surface area (Å²) >= 11 is 0. The maximum Gasteiger partial charge on any atom is 0.242 e. The van der Waals surface area contributed by atoms with Crippen molar-refractivity contribution in [2.24, 2.45) is 5.92 Å². The van der Waals surface area contributed by atoms with Crippen LogP contribution in [0.25, 0.3) is 0 Å². The van der Waals surface area contributed by atoms with E-state index in [1.807, 2.05) is 0 Å². The molecule has 0 aliphatic carbocycles. The van der Waals surface area contributed by atoms with Crippen molar-refractivity contribution in [3.63, 3.8) is 0 Å². The molecule has 6 heteroatoms. The Bertz CT molecular complexity index is 583. The highest BCUT2D eigenvalue weighted by atomic mass is 19.1. The summed E-state index contributed by atoms with van der Waals surface area (Å²) in [6.45, 7) is 6.79. The van der Waals surface area contributed by atoms with Crippen molar-refractivity contribution in [2.75, 3.05) is 13.2 Å². The molecule has 1 N–H and O–H groups in total. The Hall–Kier alpha value is -1.95. The first-order valence-corrected chi connectivity index (χ1v) is 8.82. The van der Waals surface area contributed by atoms with Gasteiger partial charge in [0.25, 0.3) is 0 Å². The quantitative estimate of drug-likeness (QED) is 0.822. The summed E-state index contributed by atoms with van der Waals surface area (Å²) < 4.78 is 18.6. The van der Waals surface area contributed by atoms with E-state index in [-0.39, 0.29) is 36.2 Å². The van der Waals surface area contributed by atoms with Crippen LogP contribution in [0.5, 0.6) is 0 Å². The van der Waals surface area contributed by atoms with E-state index in [0.717, 1.165) is 25.0 Å². The summed E-state index contributed by atoms with van der Waals surface area (Å²) in [5, 5.41) is 2.88. The first kappa shape index (κ1) is 19.4. The van der Waals surface area contributed by atoms with Crippen LogP contribution in [0.15, 0.2) is 24.3 Å². The predicted molar refractivity (Wildman–Crippen MR) is 93.2 cm³/mol. The van der Waals surface area contributed by atoms with Gasteiger partial charge in [0, 0.05) is 25.6 Å². The van der Waals surface area contributed by atoms with Crippen molar-refractivity contribution in [3.05, 3.63) is 35.6 Å². The third-order valence-corrected chi connectivity index (χ3v) is 4.42. The molecule has 1 fully saturated rings. The summed E-state index contributed by atoms with van der Waals surface area (Å²) in [5.74, 6) is -0.864. The molecule has 1 aliphatic heterocycles. The first-order chi connectivity index (χ1) is 11.9. The summed E-state index contributed by atoms with van der Waals surface area (Å²) in [5.41, 5.74) is 0.786. The fourth-order valence-corrected chi connectivity index (χ4v) is 2.83. The van der Waals surface area contributed by atoms with Gasteiger partial charge in [0.1, 0.15) is 11.9 Å². The van der Waals surface area contributed by atoms with Crippen molar-refractivity contribution >= 4 is 11.8 Å². The van der Waals surface area contributed by atoms with Crippen molar-refractivity contribution in [3.8, 4) is 0 Å². The number of hydrogen-bond acceptors (Lipinski definition) is 3. The number of rotatable bonds is 7. The molecule has 1 aliphatic rings. The van der Waals surface area contributed by atoms with E-state index in [4.69, 9.17) is 4.74 Å². The second kappa shape index (κ2) is 8.94. The molecule has 25 heavy (non-hydrogen) atoms. The van der Waals surface area contributed by atoms with Crippen LogP contribution in [0.3, 0.4) is 0 Å². The normalized spacial score (nSPS) is 18.2. The monoisotopic (exact) mass is 350 g/mol. The standard InChI is InChI=1S/C19H27FN2O3/c1-13(2)19(24)22(12-15-6-8-16(20)9-7-15)14(3)18(23)21-11-17-5-4-10-25-17/h6-9,13-14,17H,4-5,10-12H2,1-3H3,(H,21,23)/t14-,17+/m0/s1. The topological polar surface area (TPSA) is 58.6 Å². The second-order valence-electron chi connectivity index (χ2n) is 6.80. The van der Waals surface area contributed by atoms with E-state index < -0.39 is 6.04 Å². The fourth-order valence-electron chi connectivity index (χ4n) is 2.83. The Morgan fingerprint density at radius 1 is 1.28 bits per heavy atom. The van der Waals surface area contributed by atoms with Crippen molar-refractivity contribution in [1.82, 2.24) is 10.2 Å². The van der Waals surface area contributed by atoms with Gasteiger partial charge in [-0.05, 0) is 37.5 Å². The van der Waals surface area contributed by atoms with Gasteiger partial charge < -0.3 is 15.0 Å². The first-order valence-electron chi connectivity index (χ1n) is 8.82. The number of halogens is 1. The van der Waals surface area contributed by atoms with Crippen molar-refractivity contribution in [2.45, 2.75) is 52.3 Å². The lowest BCUT2D eigenvalue weighted by Gasteiger charge is -2.30. The molecule has 1 aromatic rings. The summed E-state index contributed by atoms with van der Waals surface area (Å²) in [7, 11) is 0. The molecule has 2 amide bonds. The van der Waals surface area contributed by atoms with Crippen LogP contribution in [0.1, 0.15) is 39.2 Å². The Kier molecular flexibility index (Phi) is 6.93. The Labute approximate surface area is 148 Å². The third kappa shape index (κ3) is 5.53. The van der Waals surface area contributed by atoms with Gasteiger partial charge in [0.05, 0.1) is 6.10 Å². The van der Waals surface area contributed by atoms with Gasteiger partial charge in [-0.2, -0.15) is 0 Å². The van der Waals surface area contributed by atoms with E-state index in [1.54, 1.807) is 37.8 Å². The fraction of sp³-hybridized carbons (Fsp3) is 0.579. The van der Waals surface area contributed by atoms with E-state index in [1.165, 1.54) is 12.1 Å². The van der Waals surface area contributed by atoms with Gasteiger partial charge in [0.15, 0.2) is 0 Å². The molecular formula is C19H27FN2O3. The van der Waals surface area contributed by atoms with Gasteiger partial charge in [-0.1, -0.05) is 26.0 Å². The summed E-state index contributed by atoms with van der Waals surface area (Å²) in [6, 6.07) is 5.37. The average Bonchev–Trinajstić information content (AvgIpc) is 3.11. The molecule has 0 bridgehead atoms. The number of benzene rings is 1. The van der Waals surface area contributed by atoms with Crippen LogP contribution >= 0.6 is 0 Å². The molecule has 0 spiro atoms. The summed E-state index contributed by atoms with van der Waals surface area (Å²) in [4.78, 5) is 26.6. The largest absolute Gasteiger partial charge is 0.376 e.